The van der Waals surface area contributed by atoms with E-state index in [9.17, 15) is 4.79 Å². The largest absolute Gasteiger partial charge is 0.481 e. The monoisotopic (exact) mass is 258 g/mol. The SMILES string of the molecule is CCC(C)NC(=O)COc1cccc2cccnc12. The first-order chi connectivity index (χ1) is 9.20. The first-order valence-corrected chi connectivity index (χ1v) is 6.46. The lowest BCUT2D eigenvalue weighted by atomic mass is 10.2. The number of benzene rings is 1. The normalized spacial score (nSPS) is 12.1. The van der Waals surface area contributed by atoms with Crippen LogP contribution >= 0.6 is 0 Å². The minimum absolute atomic E-state index is 0.0139. The Hall–Kier alpha value is -2.10. The smallest absolute Gasteiger partial charge is 0.258 e. The van der Waals surface area contributed by atoms with E-state index in [1.54, 1.807) is 6.20 Å². The predicted octanol–water partition coefficient (Wildman–Crippen LogP) is 2.53. The van der Waals surface area contributed by atoms with E-state index in [1.165, 1.54) is 0 Å². The Balaban J connectivity index is 2.04. The van der Waals surface area contributed by atoms with Crippen LogP contribution in [0.4, 0.5) is 0 Å². The molecule has 1 N–H and O–H groups in total. The Bertz CT molecular complexity index is 564. The summed E-state index contributed by atoms with van der Waals surface area (Å²) in [7, 11) is 0. The molecule has 0 spiro atoms. The Morgan fingerprint density at radius 1 is 1.37 bits per heavy atom. The molecule has 1 amide bonds. The number of nitrogens with one attached hydrogen (secondary N) is 1. The number of carbonyl (C=O) groups excluding carboxylic acids is 1. The quantitative estimate of drug-likeness (QED) is 0.896. The van der Waals surface area contributed by atoms with Gasteiger partial charge in [0.2, 0.25) is 0 Å². The van der Waals surface area contributed by atoms with Crippen molar-refractivity contribution in [3.8, 4) is 5.75 Å². The Kier molecular flexibility index (Phi) is 4.34. The highest BCUT2D eigenvalue weighted by Crippen LogP contribution is 2.22. The van der Waals surface area contributed by atoms with Gasteiger partial charge in [0, 0.05) is 17.6 Å². The fourth-order valence-electron chi connectivity index (χ4n) is 1.75. The van der Waals surface area contributed by atoms with Gasteiger partial charge in [0.05, 0.1) is 0 Å². The fraction of sp³-hybridized carbons (Fsp3) is 0.333. The maximum absolute atomic E-state index is 11.7. The number of hydrogen-bond donors (Lipinski definition) is 1. The molecule has 1 aromatic heterocycles. The molecule has 19 heavy (non-hydrogen) atoms. The standard InChI is InChI=1S/C15H18N2O2/c1-3-11(2)17-14(18)10-19-13-8-4-6-12-7-5-9-16-15(12)13/h4-9,11H,3,10H2,1-2H3,(H,17,18). The van der Waals surface area contributed by atoms with Crippen molar-refractivity contribution in [2.45, 2.75) is 26.3 Å². The van der Waals surface area contributed by atoms with Crippen molar-refractivity contribution in [3.05, 3.63) is 36.5 Å². The van der Waals surface area contributed by atoms with Crippen LogP contribution in [0.5, 0.6) is 5.75 Å². The van der Waals surface area contributed by atoms with Crippen molar-refractivity contribution < 1.29 is 9.53 Å². The number of hydrogen-bond acceptors (Lipinski definition) is 3. The highest BCUT2D eigenvalue weighted by Gasteiger charge is 2.08. The topological polar surface area (TPSA) is 51.2 Å². The van der Waals surface area contributed by atoms with Crippen LogP contribution in [0.15, 0.2) is 36.5 Å². The van der Waals surface area contributed by atoms with Gasteiger partial charge in [-0.3, -0.25) is 9.78 Å². The maximum atomic E-state index is 11.7. The van der Waals surface area contributed by atoms with Crippen molar-refractivity contribution in [3.63, 3.8) is 0 Å². The zero-order chi connectivity index (χ0) is 13.7. The molecule has 1 unspecified atom stereocenters. The molecule has 2 aromatic rings. The minimum atomic E-state index is -0.109. The predicted molar refractivity (Wildman–Crippen MR) is 75.1 cm³/mol. The van der Waals surface area contributed by atoms with Crippen molar-refractivity contribution >= 4 is 16.8 Å². The van der Waals surface area contributed by atoms with Crippen molar-refractivity contribution in [2.75, 3.05) is 6.61 Å². The van der Waals surface area contributed by atoms with Gasteiger partial charge in [0.15, 0.2) is 6.61 Å². The van der Waals surface area contributed by atoms with E-state index in [-0.39, 0.29) is 18.6 Å². The van der Waals surface area contributed by atoms with Gasteiger partial charge in [0.1, 0.15) is 11.3 Å². The van der Waals surface area contributed by atoms with E-state index < -0.39 is 0 Å². The fourth-order valence-corrected chi connectivity index (χ4v) is 1.75. The minimum Gasteiger partial charge on any atom is -0.481 e. The van der Waals surface area contributed by atoms with Gasteiger partial charge < -0.3 is 10.1 Å². The molecular weight excluding hydrogens is 240 g/mol. The number of ether oxygens (including phenoxy) is 1. The summed E-state index contributed by atoms with van der Waals surface area (Å²) in [4.78, 5) is 15.9. The molecule has 1 aromatic carbocycles. The van der Waals surface area contributed by atoms with Crippen LogP contribution in [-0.4, -0.2) is 23.5 Å². The number of pyridine rings is 1. The number of carbonyl (C=O) groups is 1. The molecule has 0 saturated carbocycles. The van der Waals surface area contributed by atoms with E-state index in [4.69, 9.17) is 4.74 Å². The molecule has 0 radical (unpaired) electrons. The Morgan fingerprint density at radius 2 is 2.16 bits per heavy atom. The van der Waals surface area contributed by atoms with Gasteiger partial charge in [0.25, 0.3) is 5.91 Å². The van der Waals surface area contributed by atoms with Gasteiger partial charge in [-0.05, 0) is 25.5 Å². The van der Waals surface area contributed by atoms with Gasteiger partial charge in [-0.1, -0.05) is 25.1 Å². The molecule has 1 heterocycles. The molecule has 2 rings (SSSR count). The molecule has 0 aliphatic rings. The zero-order valence-electron chi connectivity index (χ0n) is 11.2. The number of amides is 1. The summed E-state index contributed by atoms with van der Waals surface area (Å²) in [6, 6.07) is 9.70. The maximum Gasteiger partial charge on any atom is 0.258 e. The van der Waals surface area contributed by atoms with Crippen LogP contribution in [0.2, 0.25) is 0 Å². The second-order valence-electron chi connectivity index (χ2n) is 4.50. The van der Waals surface area contributed by atoms with Gasteiger partial charge >= 0.3 is 0 Å². The average molecular weight is 258 g/mol. The lowest BCUT2D eigenvalue weighted by Crippen LogP contribution is -2.35. The Morgan fingerprint density at radius 3 is 2.95 bits per heavy atom. The van der Waals surface area contributed by atoms with Gasteiger partial charge in [-0.2, -0.15) is 0 Å². The second-order valence-corrected chi connectivity index (χ2v) is 4.50. The summed E-state index contributed by atoms with van der Waals surface area (Å²) in [6.07, 6.45) is 2.62. The summed E-state index contributed by atoms with van der Waals surface area (Å²) < 4.78 is 5.55. The van der Waals surface area contributed by atoms with Crippen LogP contribution < -0.4 is 10.1 Å². The molecule has 4 heteroatoms. The summed E-state index contributed by atoms with van der Waals surface area (Å²) in [6.45, 7) is 4.01. The van der Waals surface area contributed by atoms with Crippen LogP contribution in [0, 0.1) is 0 Å². The number of fused-ring (bicyclic) bond motifs is 1. The van der Waals surface area contributed by atoms with Crippen molar-refractivity contribution in [2.24, 2.45) is 0 Å². The molecular formula is C15H18N2O2. The molecule has 0 fully saturated rings. The molecule has 100 valence electrons. The number of para-hydroxylation sites is 1. The molecule has 1 atom stereocenters. The summed E-state index contributed by atoms with van der Waals surface area (Å²) in [5.41, 5.74) is 0.779. The highest BCUT2D eigenvalue weighted by atomic mass is 16.5. The molecule has 0 aliphatic carbocycles. The number of aromatic nitrogens is 1. The zero-order valence-corrected chi connectivity index (χ0v) is 11.2. The second kappa shape index (κ2) is 6.18. The van der Waals surface area contributed by atoms with Crippen molar-refractivity contribution in [1.82, 2.24) is 10.3 Å². The van der Waals surface area contributed by atoms with Gasteiger partial charge in [-0.25, -0.2) is 0 Å². The molecule has 0 aliphatic heterocycles. The van der Waals surface area contributed by atoms with E-state index in [0.717, 1.165) is 17.3 Å². The van der Waals surface area contributed by atoms with Crippen LogP contribution in [0.25, 0.3) is 10.9 Å². The summed E-state index contributed by atoms with van der Waals surface area (Å²) >= 11 is 0. The third-order valence-corrected chi connectivity index (χ3v) is 2.97. The molecule has 0 saturated heterocycles. The molecule has 0 bridgehead atoms. The first-order valence-electron chi connectivity index (χ1n) is 6.46. The van der Waals surface area contributed by atoms with E-state index in [2.05, 4.69) is 10.3 Å². The third-order valence-electron chi connectivity index (χ3n) is 2.97. The lowest BCUT2D eigenvalue weighted by molar-refractivity contribution is -0.123. The van der Waals surface area contributed by atoms with Crippen LogP contribution in [0.1, 0.15) is 20.3 Å². The van der Waals surface area contributed by atoms with Gasteiger partial charge in [-0.15, -0.1) is 0 Å². The van der Waals surface area contributed by atoms with E-state index in [1.807, 2.05) is 44.2 Å². The number of rotatable bonds is 5. The summed E-state index contributed by atoms with van der Waals surface area (Å²) in [5, 5.41) is 3.87. The van der Waals surface area contributed by atoms with Crippen LogP contribution in [-0.2, 0) is 4.79 Å². The first kappa shape index (κ1) is 13.3. The average Bonchev–Trinajstić information content (AvgIpc) is 2.44. The van der Waals surface area contributed by atoms with Crippen molar-refractivity contribution in [1.29, 1.82) is 0 Å². The van der Waals surface area contributed by atoms with E-state index >= 15 is 0 Å². The number of nitrogens with zero attached hydrogens (tertiary/aromatic N) is 1. The highest BCUT2D eigenvalue weighted by molar-refractivity contribution is 5.85. The third kappa shape index (κ3) is 3.44. The van der Waals surface area contributed by atoms with Crippen LogP contribution in [0.3, 0.4) is 0 Å². The molecule has 4 nitrogen and oxygen atoms in total. The Labute approximate surface area is 112 Å². The lowest BCUT2D eigenvalue weighted by Gasteiger charge is -2.12. The van der Waals surface area contributed by atoms with E-state index in [0.29, 0.717) is 5.75 Å². The summed E-state index contributed by atoms with van der Waals surface area (Å²) in [5.74, 6) is 0.527.